The van der Waals surface area contributed by atoms with Crippen LogP contribution in [0.25, 0.3) is 0 Å². The number of rotatable bonds is 5. The lowest BCUT2D eigenvalue weighted by atomic mass is 10.2. The van der Waals surface area contributed by atoms with Crippen molar-refractivity contribution in [2.24, 2.45) is 5.73 Å². The molecule has 0 heterocycles. The monoisotopic (exact) mass is 279 g/mol. The summed E-state index contributed by atoms with van der Waals surface area (Å²) in [5.41, 5.74) is 5.95. The zero-order valence-corrected chi connectivity index (χ0v) is 11.0. The van der Waals surface area contributed by atoms with Crippen LogP contribution in [0.5, 0.6) is 0 Å². The molecule has 0 aromatic heterocycles. The van der Waals surface area contributed by atoms with E-state index in [1.54, 1.807) is 0 Å². The molecule has 0 radical (unpaired) electrons. The van der Waals surface area contributed by atoms with E-state index in [4.69, 9.17) is 11.1 Å². The number of benzene rings is 1. The highest BCUT2D eigenvalue weighted by molar-refractivity contribution is 8.14. The summed E-state index contributed by atoms with van der Waals surface area (Å²) in [5.74, 6) is -0.477. The number of thioether (sulfide) groups is 1. The van der Waals surface area contributed by atoms with E-state index in [1.165, 1.54) is 36.4 Å². The molecule has 1 rings (SSSR count). The number of halogens is 1. The highest BCUT2D eigenvalue weighted by Gasteiger charge is 2.04. The Kier molecular flexibility index (Phi) is 5.98. The van der Waals surface area contributed by atoms with Gasteiger partial charge < -0.3 is 11.1 Å². The zero-order valence-electron chi connectivity index (χ0n) is 10.2. The second-order valence-corrected chi connectivity index (χ2v) is 4.56. The lowest BCUT2D eigenvalue weighted by Gasteiger charge is -2.04. The van der Waals surface area contributed by atoms with E-state index < -0.39 is 5.91 Å². The first kappa shape index (κ1) is 15.1. The molecule has 4 N–H and O–H groups in total. The molecule has 0 aliphatic rings. The summed E-state index contributed by atoms with van der Waals surface area (Å²) in [6, 6.07) is 5.41. The highest BCUT2D eigenvalue weighted by Crippen LogP contribution is 2.10. The molecule has 0 aliphatic heterocycles. The summed E-state index contributed by atoms with van der Waals surface area (Å²) in [5, 5.41) is 10.3. The third-order valence-corrected chi connectivity index (χ3v) is 2.68. The Hall–Kier alpha value is -1.92. The molecule has 0 fully saturated rings. The number of hydrogen-bond donors (Lipinski definition) is 3. The summed E-state index contributed by atoms with van der Waals surface area (Å²) in [6.45, 7) is 3.59. The fourth-order valence-electron chi connectivity index (χ4n) is 1.13. The molecule has 0 aliphatic carbocycles. The smallest absolute Gasteiger partial charge is 0.255 e. The van der Waals surface area contributed by atoms with Crippen molar-refractivity contribution in [1.29, 1.82) is 5.41 Å². The average molecular weight is 279 g/mol. The molecule has 4 nitrogen and oxygen atoms in total. The summed E-state index contributed by atoms with van der Waals surface area (Å²) < 4.78 is 12.7. The number of anilines is 1. The maximum Gasteiger partial charge on any atom is 0.255 e. The molecule has 6 heteroatoms. The van der Waals surface area contributed by atoms with Crippen LogP contribution in [0.15, 0.2) is 48.6 Å². The molecule has 1 amide bonds. The van der Waals surface area contributed by atoms with Crippen molar-refractivity contribution in [3.8, 4) is 0 Å². The second-order valence-electron chi connectivity index (χ2n) is 3.49. The number of nitrogens with two attached hydrogens (primary N) is 1. The van der Waals surface area contributed by atoms with E-state index in [-0.39, 0.29) is 16.4 Å². The molecule has 0 unspecified atom stereocenters. The fraction of sp³-hybridized carbons (Fsp3) is 0.0769. The van der Waals surface area contributed by atoms with Gasteiger partial charge in [-0.2, -0.15) is 0 Å². The van der Waals surface area contributed by atoms with Gasteiger partial charge in [-0.15, -0.1) is 0 Å². The predicted octanol–water partition coefficient (Wildman–Crippen LogP) is 2.50. The van der Waals surface area contributed by atoms with E-state index in [0.717, 1.165) is 11.8 Å². The lowest BCUT2D eigenvalue weighted by molar-refractivity contribution is -0.112. The SMILES string of the molecule is C=C(/C=C\C(=N)SCN)C(=O)Nc1ccc(F)cc1. The molecular weight excluding hydrogens is 265 g/mol. The predicted molar refractivity (Wildman–Crippen MR) is 77.7 cm³/mol. The van der Waals surface area contributed by atoms with Crippen LogP contribution >= 0.6 is 11.8 Å². The zero-order chi connectivity index (χ0) is 14.3. The van der Waals surface area contributed by atoms with Gasteiger partial charge in [-0.05, 0) is 36.4 Å². The standard InChI is InChI=1S/C13H14FN3OS/c1-9(2-7-12(16)19-8-15)13(18)17-11-5-3-10(14)4-6-11/h2-7,16H,1,8,15H2,(H,17,18)/b7-2-,16-12?. The van der Waals surface area contributed by atoms with Crippen molar-refractivity contribution in [3.05, 3.63) is 54.4 Å². The van der Waals surface area contributed by atoms with Crippen LogP contribution in [0.1, 0.15) is 0 Å². The van der Waals surface area contributed by atoms with Gasteiger partial charge in [0.25, 0.3) is 5.91 Å². The van der Waals surface area contributed by atoms with Crippen molar-refractivity contribution in [1.82, 2.24) is 0 Å². The Morgan fingerprint density at radius 3 is 2.63 bits per heavy atom. The summed E-state index contributed by atoms with van der Waals surface area (Å²) in [7, 11) is 0. The van der Waals surface area contributed by atoms with E-state index in [0.29, 0.717) is 11.6 Å². The van der Waals surface area contributed by atoms with E-state index in [1.807, 2.05) is 0 Å². The Balaban J connectivity index is 2.56. The van der Waals surface area contributed by atoms with Gasteiger partial charge in [-0.1, -0.05) is 18.3 Å². The highest BCUT2D eigenvalue weighted by atomic mass is 32.2. The minimum absolute atomic E-state index is 0.201. The van der Waals surface area contributed by atoms with Gasteiger partial charge in [0.15, 0.2) is 0 Å². The quantitative estimate of drug-likeness (QED) is 0.255. The minimum atomic E-state index is -0.409. The van der Waals surface area contributed by atoms with Gasteiger partial charge >= 0.3 is 0 Å². The number of carbonyl (C=O) groups is 1. The van der Waals surface area contributed by atoms with Crippen LogP contribution in [0.2, 0.25) is 0 Å². The van der Waals surface area contributed by atoms with Crippen LogP contribution in [0.4, 0.5) is 10.1 Å². The van der Waals surface area contributed by atoms with Crippen molar-refractivity contribution in [2.45, 2.75) is 0 Å². The minimum Gasteiger partial charge on any atom is -0.322 e. The van der Waals surface area contributed by atoms with Crippen LogP contribution in [0, 0.1) is 11.2 Å². The number of carbonyl (C=O) groups excluding carboxylic acids is 1. The van der Waals surface area contributed by atoms with Crippen molar-refractivity contribution in [2.75, 3.05) is 11.2 Å². The Morgan fingerprint density at radius 1 is 1.42 bits per heavy atom. The molecule has 0 saturated heterocycles. The third-order valence-electron chi connectivity index (χ3n) is 2.07. The topological polar surface area (TPSA) is 79.0 Å². The first-order valence-electron chi connectivity index (χ1n) is 5.38. The van der Waals surface area contributed by atoms with E-state index in [9.17, 15) is 9.18 Å². The number of hydrogen-bond acceptors (Lipinski definition) is 4. The first-order valence-corrected chi connectivity index (χ1v) is 6.37. The van der Waals surface area contributed by atoms with Crippen molar-refractivity contribution < 1.29 is 9.18 Å². The van der Waals surface area contributed by atoms with Gasteiger partial charge in [-0.3, -0.25) is 10.2 Å². The van der Waals surface area contributed by atoms with Crippen LogP contribution in [-0.2, 0) is 4.79 Å². The lowest BCUT2D eigenvalue weighted by Crippen LogP contribution is -2.12. The molecule has 0 saturated carbocycles. The van der Waals surface area contributed by atoms with Crippen molar-refractivity contribution >= 4 is 28.4 Å². The summed E-state index contributed by atoms with van der Waals surface area (Å²) >= 11 is 1.15. The average Bonchev–Trinajstić information content (AvgIpc) is 2.39. The molecule has 19 heavy (non-hydrogen) atoms. The molecule has 100 valence electrons. The van der Waals surface area contributed by atoms with E-state index in [2.05, 4.69) is 11.9 Å². The van der Waals surface area contributed by atoms with Gasteiger partial charge in [0, 0.05) is 17.1 Å². The Morgan fingerprint density at radius 2 is 2.05 bits per heavy atom. The second kappa shape index (κ2) is 7.50. The Bertz CT molecular complexity index is 511. The van der Waals surface area contributed by atoms with Crippen LogP contribution in [0.3, 0.4) is 0 Å². The summed E-state index contributed by atoms with van der Waals surface area (Å²) in [4.78, 5) is 11.7. The van der Waals surface area contributed by atoms with Crippen molar-refractivity contribution in [3.63, 3.8) is 0 Å². The molecule has 0 spiro atoms. The molecule has 1 aromatic rings. The fourth-order valence-corrected chi connectivity index (χ4v) is 1.48. The third kappa shape index (κ3) is 5.50. The molecular formula is C13H14FN3OS. The maximum absolute atomic E-state index is 12.7. The largest absolute Gasteiger partial charge is 0.322 e. The molecule has 0 atom stereocenters. The number of nitrogens with one attached hydrogen (secondary N) is 2. The van der Waals surface area contributed by atoms with Crippen LogP contribution in [-0.4, -0.2) is 16.8 Å². The van der Waals surface area contributed by atoms with Gasteiger partial charge in [0.05, 0.1) is 5.04 Å². The normalized spacial score (nSPS) is 10.4. The summed E-state index contributed by atoms with van der Waals surface area (Å²) in [6.07, 6.45) is 2.88. The van der Waals surface area contributed by atoms with E-state index >= 15 is 0 Å². The van der Waals surface area contributed by atoms with Gasteiger partial charge in [-0.25, -0.2) is 4.39 Å². The maximum atomic E-state index is 12.7. The van der Waals surface area contributed by atoms with Gasteiger partial charge in [0.2, 0.25) is 0 Å². The Labute approximate surface area is 115 Å². The molecule has 0 bridgehead atoms. The first-order chi connectivity index (χ1) is 9.02. The number of amides is 1. The van der Waals surface area contributed by atoms with Gasteiger partial charge in [0.1, 0.15) is 5.82 Å². The van der Waals surface area contributed by atoms with Crippen LogP contribution < -0.4 is 11.1 Å². The molecule has 1 aromatic carbocycles.